The summed E-state index contributed by atoms with van der Waals surface area (Å²) in [5.41, 5.74) is 0. The number of Topliss-reactive ketones (excluding diaryl/α,β-unsaturated/α-hetero) is 1. The zero-order valence-corrected chi connectivity index (χ0v) is 9.15. The number of ether oxygens (including phenoxy) is 1. The zero-order chi connectivity index (χ0) is 10.7. The molecule has 2 aliphatic rings. The van der Waals surface area contributed by atoms with Crippen molar-refractivity contribution in [1.29, 1.82) is 0 Å². The van der Waals surface area contributed by atoms with Gasteiger partial charge in [0, 0.05) is 12.8 Å². The van der Waals surface area contributed by atoms with Crippen molar-refractivity contribution in [3.8, 4) is 0 Å². The first-order valence-corrected chi connectivity index (χ1v) is 6.09. The largest absolute Gasteiger partial charge is 0.393 e. The van der Waals surface area contributed by atoms with E-state index in [0.717, 1.165) is 38.5 Å². The molecule has 1 N–H and O–H groups in total. The molecule has 0 atom stereocenters. The predicted octanol–water partition coefficient (Wildman–Crippen LogP) is 1.82. The predicted molar refractivity (Wildman–Crippen MR) is 56.6 cm³/mol. The number of hydrogen-bond donors (Lipinski definition) is 1. The van der Waals surface area contributed by atoms with Gasteiger partial charge in [0.25, 0.3) is 0 Å². The third-order valence-corrected chi connectivity index (χ3v) is 3.52. The van der Waals surface area contributed by atoms with Crippen molar-refractivity contribution in [2.24, 2.45) is 0 Å². The van der Waals surface area contributed by atoms with Crippen molar-refractivity contribution in [2.45, 2.75) is 69.7 Å². The van der Waals surface area contributed by atoms with Gasteiger partial charge in [0.05, 0.1) is 18.3 Å². The summed E-state index contributed by atoms with van der Waals surface area (Å²) in [4.78, 5) is 11.1. The minimum Gasteiger partial charge on any atom is -0.393 e. The van der Waals surface area contributed by atoms with Crippen LogP contribution in [0, 0.1) is 0 Å². The average molecular weight is 212 g/mol. The lowest BCUT2D eigenvalue weighted by Gasteiger charge is -2.31. The minimum absolute atomic E-state index is 0.113. The summed E-state index contributed by atoms with van der Waals surface area (Å²) >= 11 is 0. The van der Waals surface area contributed by atoms with Crippen molar-refractivity contribution >= 4 is 5.78 Å². The van der Waals surface area contributed by atoms with E-state index in [1.807, 2.05) is 0 Å². The van der Waals surface area contributed by atoms with Gasteiger partial charge in [-0.3, -0.25) is 4.79 Å². The number of ketones is 1. The zero-order valence-electron chi connectivity index (χ0n) is 9.15. The van der Waals surface area contributed by atoms with E-state index in [4.69, 9.17) is 4.74 Å². The lowest BCUT2D eigenvalue weighted by Crippen LogP contribution is -2.30. The van der Waals surface area contributed by atoms with E-state index in [1.165, 1.54) is 0 Å². The van der Waals surface area contributed by atoms with Crippen LogP contribution in [-0.2, 0) is 9.53 Å². The van der Waals surface area contributed by atoms with Gasteiger partial charge in [-0.1, -0.05) is 0 Å². The molecule has 0 heterocycles. The van der Waals surface area contributed by atoms with Crippen molar-refractivity contribution in [2.75, 3.05) is 0 Å². The van der Waals surface area contributed by atoms with Crippen LogP contribution in [0.25, 0.3) is 0 Å². The molecule has 0 saturated heterocycles. The normalized spacial score (nSPS) is 34.3. The monoisotopic (exact) mass is 212 g/mol. The van der Waals surface area contributed by atoms with Gasteiger partial charge in [-0.2, -0.15) is 0 Å². The van der Waals surface area contributed by atoms with Crippen LogP contribution in [0.4, 0.5) is 0 Å². The molecule has 0 spiro atoms. The van der Waals surface area contributed by atoms with Crippen LogP contribution in [-0.4, -0.2) is 29.2 Å². The lowest BCUT2D eigenvalue weighted by molar-refractivity contribution is -0.125. The standard InChI is InChI=1S/C12H20O3/c13-9-1-5-11(6-2-9)15-12-7-3-10(14)4-8-12/h9,11-13H,1-8H2. The Labute approximate surface area is 90.8 Å². The second kappa shape index (κ2) is 5.08. The molecule has 3 nitrogen and oxygen atoms in total. The Morgan fingerprint density at radius 3 is 2.07 bits per heavy atom. The maximum atomic E-state index is 11.1. The first-order chi connectivity index (χ1) is 7.24. The SMILES string of the molecule is O=C1CCC(OC2CCC(O)CC2)CC1. The highest BCUT2D eigenvalue weighted by Gasteiger charge is 2.25. The van der Waals surface area contributed by atoms with E-state index in [1.54, 1.807) is 0 Å². The van der Waals surface area contributed by atoms with Crippen molar-refractivity contribution < 1.29 is 14.6 Å². The summed E-state index contributed by atoms with van der Waals surface area (Å²) in [6, 6.07) is 0. The molecule has 0 amide bonds. The second-order valence-electron chi connectivity index (χ2n) is 4.80. The Bertz CT molecular complexity index is 209. The van der Waals surface area contributed by atoms with Crippen molar-refractivity contribution in [3.63, 3.8) is 0 Å². The number of hydrogen-bond acceptors (Lipinski definition) is 3. The Hall–Kier alpha value is -0.410. The topological polar surface area (TPSA) is 46.5 Å². The molecule has 0 bridgehead atoms. The minimum atomic E-state index is -0.113. The summed E-state index contributed by atoms with van der Waals surface area (Å²) in [5, 5.41) is 9.37. The smallest absolute Gasteiger partial charge is 0.133 e. The highest BCUT2D eigenvalue weighted by molar-refractivity contribution is 5.79. The van der Waals surface area contributed by atoms with E-state index in [9.17, 15) is 9.90 Å². The van der Waals surface area contributed by atoms with Gasteiger partial charge in [0.2, 0.25) is 0 Å². The highest BCUT2D eigenvalue weighted by Crippen LogP contribution is 2.26. The van der Waals surface area contributed by atoms with Crippen LogP contribution in [0.1, 0.15) is 51.4 Å². The van der Waals surface area contributed by atoms with Gasteiger partial charge in [-0.25, -0.2) is 0 Å². The Balaban J connectivity index is 1.70. The molecule has 2 rings (SSSR count). The van der Waals surface area contributed by atoms with E-state index in [0.29, 0.717) is 30.8 Å². The molecule has 0 aliphatic heterocycles. The van der Waals surface area contributed by atoms with Crippen LogP contribution >= 0.6 is 0 Å². The molecule has 0 aromatic rings. The number of carbonyl (C=O) groups excluding carboxylic acids is 1. The third kappa shape index (κ3) is 3.28. The van der Waals surface area contributed by atoms with Crippen molar-refractivity contribution in [3.05, 3.63) is 0 Å². The number of carbonyl (C=O) groups is 1. The number of aliphatic hydroxyl groups excluding tert-OH is 1. The molecular formula is C12H20O3. The number of aliphatic hydroxyl groups is 1. The molecule has 2 saturated carbocycles. The van der Waals surface area contributed by atoms with Crippen LogP contribution < -0.4 is 0 Å². The second-order valence-corrected chi connectivity index (χ2v) is 4.80. The summed E-state index contributed by atoms with van der Waals surface area (Å²) in [5.74, 6) is 0.383. The fraction of sp³-hybridized carbons (Fsp3) is 0.917. The molecule has 2 fully saturated rings. The molecule has 0 aromatic heterocycles. The van der Waals surface area contributed by atoms with Gasteiger partial charge in [-0.05, 0) is 38.5 Å². The third-order valence-electron chi connectivity index (χ3n) is 3.52. The van der Waals surface area contributed by atoms with Crippen LogP contribution in [0.3, 0.4) is 0 Å². The highest BCUT2D eigenvalue weighted by atomic mass is 16.5. The maximum absolute atomic E-state index is 11.1. The molecule has 86 valence electrons. The van der Waals surface area contributed by atoms with Gasteiger partial charge in [0.1, 0.15) is 5.78 Å². The van der Waals surface area contributed by atoms with Gasteiger partial charge in [-0.15, -0.1) is 0 Å². The fourth-order valence-corrected chi connectivity index (χ4v) is 2.50. The fourth-order valence-electron chi connectivity index (χ4n) is 2.50. The molecule has 0 unspecified atom stereocenters. The van der Waals surface area contributed by atoms with E-state index in [-0.39, 0.29) is 6.10 Å². The van der Waals surface area contributed by atoms with Crippen LogP contribution in [0.15, 0.2) is 0 Å². The van der Waals surface area contributed by atoms with Gasteiger partial charge < -0.3 is 9.84 Å². The van der Waals surface area contributed by atoms with Gasteiger partial charge >= 0.3 is 0 Å². The molecule has 15 heavy (non-hydrogen) atoms. The number of rotatable bonds is 2. The summed E-state index contributed by atoms with van der Waals surface area (Å²) in [7, 11) is 0. The molecular weight excluding hydrogens is 192 g/mol. The van der Waals surface area contributed by atoms with E-state index < -0.39 is 0 Å². The van der Waals surface area contributed by atoms with Crippen LogP contribution in [0.5, 0.6) is 0 Å². The summed E-state index contributed by atoms with van der Waals surface area (Å²) in [6.07, 6.45) is 7.40. The van der Waals surface area contributed by atoms with Gasteiger partial charge in [0.15, 0.2) is 0 Å². The average Bonchev–Trinajstić information content (AvgIpc) is 2.25. The summed E-state index contributed by atoms with van der Waals surface area (Å²) < 4.78 is 5.97. The molecule has 2 aliphatic carbocycles. The quantitative estimate of drug-likeness (QED) is 0.759. The van der Waals surface area contributed by atoms with E-state index >= 15 is 0 Å². The molecule has 0 aromatic carbocycles. The Morgan fingerprint density at radius 1 is 0.933 bits per heavy atom. The first-order valence-electron chi connectivity index (χ1n) is 6.09. The van der Waals surface area contributed by atoms with E-state index in [2.05, 4.69) is 0 Å². The Kier molecular flexibility index (Phi) is 3.76. The summed E-state index contributed by atoms with van der Waals surface area (Å²) in [6.45, 7) is 0. The lowest BCUT2D eigenvalue weighted by atomic mass is 9.93. The first kappa shape index (κ1) is 11.1. The molecule has 3 heteroatoms. The Morgan fingerprint density at radius 2 is 1.47 bits per heavy atom. The van der Waals surface area contributed by atoms with Crippen molar-refractivity contribution in [1.82, 2.24) is 0 Å². The van der Waals surface area contributed by atoms with Crippen LogP contribution in [0.2, 0.25) is 0 Å². The molecule has 0 radical (unpaired) electrons. The maximum Gasteiger partial charge on any atom is 0.133 e.